The van der Waals surface area contributed by atoms with E-state index in [1.54, 1.807) is 37.4 Å². The molecule has 3 N–H and O–H groups in total. The van der Waals surface area contributed by atoms with E-state index in [0.717, 1.165) is 0 Å². The van der Waals surface area contributed by atoms with Crippen molar-refractivity contribution in [2.75, 3.05) is 12.4 Å². The summed E-state index contributed by atoms with van der Waals surface area (Å²) in [4.78, 5) is 12.2. The van der Waals surface area contributed by atoms with Gasteiger partial charge in [0, 0.05) is 17.8 Å². The summed E-state index contributed by atoms with van der Waals surface area (Å²) in [6.45, 7) is 1.09. The molecule has 4 aromatic rings. The summed E-state index contributed by atoms with van der Waals surface area (Å²) in [5, 5.41) is 19.8. The molecule has 0 amide bonds. The summed E-state index contributed by atoms with van der Waals surface area (Å²) >= 11 is 0. The van der Waals surface area contributed by atoms with Crippen molar-refractivity contribution < 1.29 is 23.4 Å². The number of ether oxygens (including phenoxy) is 1. The predicted octanol–water partition coefficient (Wildman–Crippen LogP) is 3.24. The van der Waals surface area contributed by atoms with Crippen molar-refractivity contribution >= 4 is 20.9 Å². The largest absolute Gasteiger partial charge is 0.457 e. The first-order valence-electron chi connectivity index (χ1n) is 9.66. The topological polar surface area (TPSA) is 125 Å². The van der Waals surface area contributed by atoms with Gasteiger partial charge < -0.3 is 19.9 Å². The molecule has 0 spiro atoms. The molecule has 0 aliphatic rings. The summed E-state index contributed by atoms with van der Waals surface area (Å²) in [6.07, 6.45) is 0.501. The first-order chi connectivity index (χ1) is 14.9. The number of aromatic nitrogens is 3. The van der Waals surface area contributed by atoms with Crippen LogP contribution in [0.25, 0.3) is 22.6 Å². The first kappa shape index (κ1) is 21.0. The Hall–Kier alpha value is -3.27. The van der Waals surface area contributed by atoms with Crippen LogP contribution in [0.2, 0.25) is 0 Å². The highest BCUT2D eigenvalue weighted by molar-refractivity contribution is 7.91. The number of pyridine rings is 1. The van der Waals surface area contributed by atoms with E-state index in [2.05, 4.69) is 15.0 Å². The molecule has 160 valence electrons. The maximum absolute atomic E-state index is 12.0. The number of hydrogen-bond donors (Lipinski definition) is 3. The lowest BCUT2D eigenvalue weighted by Gasteiger charge is -2.15. The second-order valence-electron chi connectivity index (χ2n) is 6.88. The highest BCUT2D eigenvalue weighted by Crippen LogP contribution is 2.34. The third-order valence-corrected chi connectivity index (χ3v) is 6.59. The Bertz CT molecular complexity index is 1300. The summed E-state index contributed by atoms with van der Waals surface area (Å²) in [5.74, 6) is 1.26. The van der Waals surface area contributed by atoms with Crippen LogP contribution in [0.15, 0.2) is 65.7 Å². The van der Waals surface area contributed by atoms with Gasteiger partial charge in [-0.15, -0.1) is 0 Å². The summed E-state index contributed by atoms with van der Waals surface area (Å²) in [7, 11) is -3.31. The van der Waals surface area contributed by atoms with Crippen molar-refractivity contribution in [2.24, 2.45) is 0 Å². The van der Waals surface area contributed by atoms with Gasteiger partial charge in [0.25, 0.3) is 0 Å². The molecule has 2 aromatic heterocycles. The second kappa shape index (κ2) is 8.46. The number of H-pyrrole nitrogens is 1. The molecule has 1 unspecified atom stereocenters. The van der Waals surface area contributed by atoms with Crippen molar-refractivity contribution in [3.8, 4) is 23.0 Å². The standard InChI is InChI=1S/C22H21N3O5S/c1-2-31(28,29)15-8-6-14(7-9-15)30-21-12-19-18(11-16(21)20(27)13-26)24-22(25-19)17-5-3-4-10-23-17/h3-12,20,26-27H,2,13H2,1H3,(H,24,25). The second-order valence-corrected chi connectivity index (χ2v) is 9.16. The van der Waals surface area contributed by atoms with Crippen LogP contribution >= 0.6 is 0 Å². The lowest BCUT2D eigenvalue weighted by Crippen LogP contribution is -2.05. The van der Waals surface area contributed by atoms with Crippen LogP contribution in [0, 0.1) is 0 Å². The predicted molar refractivity (Wildman–Crippen MR) is 116 cm³/mol. The van der Waals surface area contributed by atoms with E-state index in [-0.39, 0.29) is 10.6 Å². The lowest BCUT2D eigenvalue weighted by molar-refractivity contribution is 0.0939. The van der Waals surface area contributed by atoms with Gasteiger partial charge in [0.1, 0.15) is 23.3 Å². The van der Waals surface area contributed by atoms with Crippen LogP contribution in [0.3, 0.4) is 0 Å². The molecule has 0 aliphatic carbocycles. The number of hydrogen-bond acceptors (Lipinski definition) is 7. The van der Waals surface area contributed by atoms with E-state index in [0.29, 0.717) is 39.6 Å². The van der Waals surface area contributed by atoms with Gasteiger partial charge in [0.15, 0.2) is 15.7 Å². The molecule has 0 fully saturated rings. The number of aliphatic hydroxyl groups is 2. The zero-order valence-corrected chi connectivity index (χ0v) is 17.5. The molecule has 0 radical (unpaired) electrons. The van der Waals surface area contributed by atoms with Gasteiger partial charge in [-0.1, -0.05) is 13.0 Å². The summed E-state index contributed by atoms with van der Waals surface area (Å²) < 4.78 is 29.9. The molecule has 31 heavy (non-hydrogen) atoms. The van der Waals surface area contributed by atoms with Crippen molar-refractivity contribution in [1.29, 1.82) is 0 Å². The Morgan fingerprint density at radius 2 is 1.90 bits per heavy atom. The van der Waals surface area contributed by atoms with E-state index in [9.17, 15) is 18.6 Å². The number of aromatic amines is 1. The summed E-state index contributed by atoms with van der Waals surface area (Å²) in [5.41, 5.74) is 2.28. The number of rotatable bonds is 7. The Morgan fingerprint density at radius 3 is 2.55 bits per heavy atom. The molecule has 0 saturated carbocycles. The normalized spacial score (nSPS) is 12.7. The molecular formula is C22H21N3O5S. The Morgan fingerprint density at radius 1 is 1.13 bits per heavy atom. The Balaban J connectivity index is 1.73. The maximum atomic E-state index is 12.0. The minimum atomic E-state index is -3.31. The minimum Gasteiger partial charge on any atom is -0.457 e. The monoisotopic (exact) mass is 439 g/mol. The fourth-order valence-electron chi connectivity index (χ4n) is 3.13. The van der Waals surface area contributed by atoms with Crippen LogP contribution in [0.4, 0.5) is 0 Å². The van der Waals surface area contributed by atoms with Gasteiger partial charge in [-0.3, -0.25) is 4.98 Å². The average Bonchev–Trinajstić information content (AvgIpc) is 3.22. The number of sulfone groups is 1. The zero-order chi connectivity index (χ0) is 22.0. The number of nitrogens with one attached hydrogen (secondary N) is 1. The average molecular weight is 439 g/mol. The quantitative estimate of drug-likeness (QED) is 0.404. The van der Waals surface area contributed by atoms with Gasteiger partial charge in [-0.05, 0) is 42.5 Å². The van der Waals surface area contributed by atoms with Crippen LogP contribution in [-0.2, 0) is 9.84 Å². The molecule has 0 bridgehead atoms. The van der Waals surface area contributed by atoms with E-state index in [1.807, 2.05) is 18.2 Å². The molecule has 9 heteroatoms. The van der Waals surface area contributed by atoms with Gasteiger partial charge in [-0.25, -0.2) is 13.4 Å². The van der Waals surface area contributed by atoms with Gasteiger partial charge in [0.05, 0.1) is 28.3 Å². The molecular weight excluding hydrogens is 418 g/mol. The van der Waals surface area contributed by atoms with Gasteiger partial charge in [0.2, 0.25) is 0 Å². The fourth-order valence-corrected chi connectivity index (χ4v) is 4.02. The van der Waals surface area contributed by atoms with Crippen LogP contribution < -0.4 is 4.74 Å². The SMILES string of the molecule is CCS(=O)(=O)c1ccc(Oc2cc3nc(-c4ccccn4)[nH]c3cc2C(O)CO)cc1. The first-order valence-corrected chi connectivity index (χ1v) is 11.3. The van der Waals surface area contributed by atoms with E-state index >= 15 is 0 Å². The Labute approximate surface area is 179 Å². The molecule has 0 saturated heterocycles. The Kier molecular flexibility index (Phi) is 5.73. The van der Waals surface area contributed by atoms with E-state index in [4.69, 9.17) is 4.74 Å². The van der Waals surface area contributed by atoms with Gasteiger partial charge >= 0.3 is 0 Å². The molecule has 4 rings (SSSR count). The smallest absolute Gasteiger partial charge is 0.178 e. The summed E-state index contributed by atoms with van der Waals surface area (Å²) in [6, 6.07) is 14.9. The van der Waals surface area contributed by atoms with Crippen molar-refractivity contribution in [2.45, 2.75) is 17.9 Å². The zero-order valence-electron chi connectivity index (χ0n) is 16.7. The van der Waals surface area contributed by atoms with E-state index < -0.39 is 22.5 Å². The number of benzene rings is 2. The highest BCUT2D eigenvalue weighted by Gasteiger charge is 2.18. The molecule has 1 atom stereocenters. The molecule has 2 heterocycles. The molecule has 2 aromatic carbocycles. The van der Waals surface area contributed by atoms with Crippen LogP contribution in [0.1, 0.15) is 18.6 Å². The van der Waals surface area contributed by atoms with Crippen LogP contribution in [0.5, 0.6) is 11.5 Å². The third-order valence-electron chi connectivity index (χ3n) is 4.84. The number of aliphatic hydroxyl groups excluding tert-OH is 2. The van der Waals surface area contributed by atoms with E-state index in [1.165, 1.54) is 12.1 Å². The van der Waals surface area contributed by atoms with Crippen molar-refractivity contribution in [3.05, 3.63) is 66.4 Å². The third kappa shape index (κ3) is 4.29. The molecule has 0 aliphatic heterocycles. The number of imidazole rings is 1. The van der Waals surface area contributed by atoms with Crippen LogP contribution in [-0.4, -0.2) is 45.9 Å². The minimum absolute atomic E-state index is 0.00841. The van der Waals surface area contributed by atoms with Gasteiger partial charge in [-0.2, -0.15) is 0 Å². The number of fused-ring (bicyclic) bond motifs is 1. The van der Waals surface area contributed by atoms with Crippen molar-refractivity contribution in [3.63, 3.8) is 0 Å². The highest BCUT2D eigenvalue weighted by atomic mass is 32.2. The fraction of sp³-hybridized carbons (Fsp3) is 0.182. The number of nitrogens with zero attached hydrogens (tertiary/aromatic N) is 2. The maximum Gasteiger partial charge on any atom is 0.178 e. The van der Waals surface area contributed by atoms with Crippen molar-refractivity contribution in [1.82, 2.24) is 15.0 Å². The lowest BCUT2D eigenvalue weighted by atomic mass is 10.1. The molecule has 8 nitrogen and oxygen atoms in total.